The summed E-state index contributed by atoms with van der Waals surface area (Å²) in [6.07, 6.45) is -4.28. The maximum atomic E-state index is 12.8. The third-order valence-corrected chi connectivity index (χ3v) is 5.32. The van der Waals surface area contributed by atoms with Crippen LogP contribution in [0.5, 0.6) is 5.88 Å². The fourth-order valence-corrected chi connectivity index (χ4v) is 3.60. The number of piperazine rings is 1. The van der Waals surface area contributed by atoms with Crippen molar-refractivity contribution in [2.24, 2.45) is 0 Å². The Bertz CT molecular complexity index is 887. The molecule has 158 valence electrons. The molecule has 1 aliphatic heterocycles. The third kappa shape index (κ3) is 5.05. The summed E-state index contributed by atoms with van der Waals surface area (Å²) in [5, 5.41) is 5.84. The Labute approximate surface area is 168 Å². The molecule has 8 nitrogen and oxygen atoms in total. The van der Waals surface area contributed by atoms with Crippen molar-refractivity contribution in [3.63, 3.8) is 0 Å². The van der Waals surface area contributed by atoms with Gasteiger partial charge in [0.2, 0.25) is 11.8 Å². The summed E-state index contributed by atoms with van der Waals surface area (Å²) >= 11 is 1.34. The summed E-state index contributed by atoms with van der Waals surface area (Å²) in [7, 11) is 0. The van der Waals surface area contributed by atoms with Crippen LogP contribution >= 0.6 is 11.3 Å². The zero-order valence-electron chi connectivity index (χ0n) is 15.9. The van der Waals surface area contributed by atoms with Crippen LogP contribution in [0.15, 0.2) is 11.4 Å². The molecule has 0 saturated carbocycles. The van der Waals surface area contributed by atoms with Crippen LogP contribution in [-0.2, 0) is 22.3 Å². The van der Waals surface area contributed by atoms with Gasteiger partial charge in [0.15, 0.2) is 10.8 Å². The van der Waals surface area contributed by atoms with Crippen LogP contribution < -0.4 is 9.64 Å². The Morgan fingerprint density at radius 3 is 2.52 bits per heavy atom. The van der Waals surface area contributed by atoms with Crippen molar-refractivity contribution in [3.05, 3.63) is 22.8 Å². The molecule has 3 heterocycles. The van der Waals surface area contributed by atoms with Gasteiger partial charge in [-0.1, -0.05) is 6.92 Å². The van der Waals surface area contributed by atoms with E-state index in [1.807, 2.05) is 4.90 Å². The molecule has 0 N–H and O–H groups in total. The number of hydrogen-bond acceptors (Lipinski definition) is 7. The van der Waals surface area contributed by atoms with Gasteiger partial charge in [-0.25, -0.2) is 0 Å². The minimum atomic E-state index is -4.54. The number of alkyl halides is 3. The second-order valence-electron chi connectivity index (χ2n) is 6.49. The average Bonchev–Trinajstić information content (AvgIpc) is 3.28. The molecule has 0 unspecified atom stereocenters. The SMILES string of the molecule is CCC(=O)Oc1csc(N2CCN(C(=O)Cn3nc(C(F)(F)F)cc3C)CC2)n1. The molecule has 0 radical (unpaired) electrons. The van der Waals surface area contributed by atoms with Gasteiger partial charge in [0.1, 0.15) is 6.54 Å². The number of ether oxygens (including phenoxy) is 1. The van der Waals surface area contributed by atoms with E-state index < -0.39 is 11.9 Å². The second-order valence-corrected chi connectivity index (χ2v) is 7.33. The Kier molecular flexibility index (Phi) is 6.10. The number of aryl methyl sites for hydroxylation is 1. The molecular weight excluding hydrogens is 411 g/mol. The number of hydrogen-bond donors (Lipinski definition) is 0. The molecule has 0 aromatic carbocycles. The molecule has 0 spiro atoms. The predicted octanol–water partition coefficient (Wildman–Crippen LogP) is 2.33. The number of esters is 1. The molecule has 1 aliphatic rings. The molecule has 29 heavy (non-hydrogen) atoms. The average molecular weight is 431 g/mol. The van der Waals surface area contributed by atoms with E-state index in [1.54, 1.807) is 17.2 Å². The number of anilines is 1. The fraction of sp³-hybridized carbons (Fsp3) is 0.529. The Morgan fingerprint density at radius 1 is 1.24 bits per heavy atom. The van der Waals surface area contributed by atoms with Crippen LogP contribution in [0.3, 0.4) is 0 Å². The molecular formula is C17H20F3N5O3S. The zero-order chi connectivity index (χ0) is 21.2. The van der Waals surface area contributed by atoms with E-state index in [9.17, 15) is 22.8 Å². The predicted molar refractivity (Wildman–Crippen MR) is 98.8 cm³/mol. The van der Waals surface area contributed by atoms with Gasteiger partial charge in [-0.05, 0) is 13.0 Å². The summed E-state index contributed by atoms with van der Waals surface area (Å²) in [4.78, 5) is 31.6. The highest BCUT2D eigenvalue weighted by atomic mass is 32.1. The quantitative estimate of drug-likeness (QED) is 0.676. The zero-order valence-corrected chi connectivity index (χ0v) is 16.7. The maximum absolute atomic E-state index is 12.8. The van der Waals surface area contributed by atoms with Gasteiger partial charge < -0.3 is 14.5 Å². The standard InChI is InChI=1S/C17H20F3N5O3S/c1-3-15(27)28-13-10-29-16(21-13)24-6-4-23(5-7-24)14(26)9-25-11(2)8-12(22-25)17(18,19)20/h8,10H,3-7,9H2,1-2H3. The Hall–Kier alpha value is -2.63. The smallest absolute Gasteiger partial charge is 0.406 e. The van der Waals surface area contributed by atoms with Gasteiger partial charge in [-0.3, -0.25) is 14.3 Å². The molecule has 2 aromatic heterocycles. The number of nitrogens with zero attached hydrogens (tertiary/aromatic N) is 5. The first kappa shape index (κ1) is 21.1. The van der Waals surface area contributed by atoms with E-state index in [1.165, 1.54) is 18.3 Å². The van der Waals surface area contributed by atoms with Gasteiger partial charge in [-0.15, -0.1) is 11.3 Å². The van der Waals surface area contributed by atoms with Crippen LogP contribution in [0.4, 0.5) is 18.3 Å². The van der Waals surface area contributed by atoms with Crippen molar-refractivity contribution < 1.29 is 27.5 Å². The molecule has 12 heteroatoms. The highest BCUT2D eigenvalue weighted by Gasteiger charge is 2.34. The molecule has 1 amide bonds. The number of amides is 1. The number of thiazole rings is 1. The largest absolute Gasteiger partial charge is 0.435 e. The van der Waals surface area contributed by atoms with Crippen LogP contribution in [0.1, 0.15) is 24.7 Å². The minimum absolute atomic E-state index is 0.240. The first-order valence-corrected chi connectivity index (χ1v) is 9.86. The van der Waals surface area contributed by atoms with E-state index in [-0.39, 0.29) is 36.4 Å². The normalized spacial score (nSPS) is 14.9. The monoisotopic (exact) mass is 431 g/mol. The van der Waals surface area contributed by atoms with Gasteiger partial charge >= 0.3 is 12.1 Å². The lowest BCUT2D eigenvalue weighted by molar-refractivity contribution is -0.142. The molecule has 0 bridgehead atoms. The summed E-state index contributed by atoms with van der Waals surface area (Å²) < 4.78 is 44.4. The van der Waals surface area contributed by atoms with E-state index >= 15 is 0 Å². The van der Waals surface area contributed by atoms with Crippen molar-refractivity contribution in [1.29, 1.82) is 0 Å². The summed E-state index contributed by atoms with van der Waals surface area (Å²) in [5.74, 6) is -0.397. The highest BCUT2D eigenvalue weighted by molar-refractivity contribution is 7.13. The van der Waals surface area contributed by atoms with E-state index in [0.29, 0.717) is 31.3 Å². The van der Waals surface area contributed by atoms with Crippen LogP contribution in [0.2, 0.25) is 0 Å². The summed E-state index contributed by atoms with van der Waals surface area (Å²) in [6, 6.07) is 0.927. The lowest BCUT2D eigenvalue weighted by Crippen LogP contribution is -2.49. The molecule has 0 atom stereocenters. The molecule has 2 aromatic rings. The van der Waals surface area contributed by atoms with E-state index in [4.69, 9.17) is 4.74 Å². The highest BCUT2D eigenvalue weighted by Crippen LogP contribution is 2.29. The van der Waals surface area contributed by atoms with Gasteiger partial charge in [0.05, 0.1) is 5.38 Å². The summed E-state index contributed by atoms with van der Waals surface area (Å²) in [5.41, 5.74) is -0.725. The fourth-order valence-electron chi connectivity index (χ4n) is 2.82. The minimum Gasteiger partial charge on any atom is -0.406 e. The Balaban J connectivity index is 1.55. The van der Waals surface area contributed by atoms with Gasteiger partial charge in [-0.2, -0.15) is 23.3 Å². The van der Waals surface area contributed by atoms with Crippen molar-refractivity contribution >= 4 is 28.3 Å². The molecule has 3 rings (SSSR count). The van der Waals surface area contributed by atoms with Crippen molar-refractivity contribution in [2.45, 2.75) is 33.0 Å². The van der Waals surface area contributed by atoms with E-state index in [0.717, 1.165) is 10.7 Å². The maximum Gasteiger partial charge on any atom is 0.435 e. The second kappa shape index (κ2) is 8.39. The number of carbonyl (C=O) groups is 2. The number of rotatable bonds is 5. The molecule has 1 fully saturated rings. The first-order valence-electron chi connectivity index (χ1n) is 8.98. The summed E-state index contributed by atoms with van der Waals surface area (Å²) in [6.45, 7) is 4.80. The van der Waals surface area contributed by atoms with Crippen molar-refractivity contribution in [3.8, 4) is 5.88 Å². The molecule has 0 aliphatic carbocycles. The first-order chi connectivity index (χ1) is 13.7. The Morgan fingerprint density at radius 2 is 1.93 bits per heavy atom. The number of halogens is 3. The van der Waals surface area contributed by atoms with Gasteiger partial charge in [0, 0.05) is 38.3 Å². The lowest BCUT2D eigenvalue weighted by atomic mass is 10.3. The lowest BCUT2D eigenvalue weighted by Gasteiger charge is -2.34. The van der Waals surface area contributed by atoms with Crippen LogP contribution in [0, 0.1) is 6.92 Å². The van der Waals surface area contributed by atoms with E-state index in [2.05, 4.69) is 10.1 Å². The van der Waals surface area contributed by atoms with Gasteiger partial charge in [0.25, 0.3) is 0 Å². The number of aromatic nitrogens is 3. The molecule has 1 saturated heterocycles. The van der Waals surface area contributed by atoms with Crippen molar-refractivity contribution in [2.75, 3.05) is 31.1 Å². The van der Waals surface area contributed by atoms with Crippen LogP contribution in [0.25, 0.3) is 0 Å². The number of carbonyl (C=O) groups excluding carboxylic acids is 2. The topological polar surface area (TPSA) is 80.6 Å². The van der Waals surface area contributed by atoms with Crippen molar-refractivity contribution in [1.82, 2.24) is 19.7 Å². The van der Waals surface area contributed by atoms with Crippen LogP contribution in [-0.4, -0.2) is 57.7 Å². The third-order valence-electron chi connectivity index (χ3n) is 4.44.